The number of fused-ring (bicyclic) bond motifs is 1. The van der Waals surface area contributed by atoms with Crippen LogP contribution in [-0.2, 0) is 4.74 Å². The molecule has 0 fully saturated rings. The van der Waals surface area contributed by atoms with Gasteiger partial charge in [-0.2, -0.15) is 0 Å². The van der Waals surface area contributed by atoms with Crippen LogP contribution >= 0.6 is 0 Å². The number of imidazole rings is 1. The molecule has 0 N–H and O–H groups in total. The molecule has 2 aromatic rings. The van der Waals surface area contributed by atoms with E-state index in [4.69, 9.17) is 4.74 Å². The van der Waals surface area contributed by atoms with Crippen LogP contribution < -0.4 is 0 Å². The number of carbonyl (C=O) groups is 2. The fourth-order valence-corrected chi connectivity index (χ4v) is 1.68. The van der Waals surface area contributed by atoms with E-state index in [2.05, 4.69) is 4.98 Å². The molecule has 0 bridgehead atoms. The maximum Gasteiger partial charge on any atom is 0.359 e. The number of hydrogen-bond donors (Lipinski definition) is 0. The molecule has 2 aromatic heterocycles. The van der Waals surface area contributed by atoms with Crippen molar-refractivity contribution in [2.24, 2.45) is 0 Å². The van der Waals surface area contributed by atoms with Gasteiger partial charge in [0.1, 0.15) is 11.3 Å². The average molecular weight is 232 g/mol. The zero-order chi connectivity index (χ0) is 12.4. The lowest BCUT2D eigenvalue weighted by Gasteiger charge is -1.98. The van der Waals surface area contributed by atoms with Crippen molar-refractivity contribution >= 4 is 17.9 Å². The van der Waals surface area contributed by atoms with Crippen LogP contribution in [0.15, 0.2) is 18.3 Å². The normalized spacial score (nSPS) is 10.5. The van der Waals surface area contributed by atoms with Gasteiger partial charge in [0.15, 0.2) is 12.0 Å². The molecule has 2 heterocycles. The number of pyridine rings is 1. The maximum absolute atomic E-state index is 11.6. The first-order valence-electron chi connectivity index (χ1n) is 5.29. The molecule has 0 aliphatic heterocycles. The molecule has 0 saturated heterocycles. The Bertz CT molecular complexity index is 587. The van der Waals surface area contributed by atoms with Crippen molar-refractivity contribution in [2.45, 2.75) is 13.8 Å². The Hall–Kier alpha value is -2.17. The molecule has 5 nitrogen and oxygen atoms in total. The van der Waals surface area contributed by atoms with Crippen molar-refractivity contribution in [1.29, 1.82) is 0 Å². The SMILES string of the molecule is CCOC(=O)c1nc2c(C)cccn2c1C=O. The van der Waals surface area contributed by atoms with Crippen molar-refractivity contribution in [3.05, 3.63) is 35.3 Å². The summed E-state index contributed by atoms with van der Waals surface area (Å²) in [7, 11) is 0. The van der Waals surface area contributed by atoms with Crippen LogP contribution in [0.3, 0.4) is 0 Å². The molecule has 0 unspecified atom stereocenters. The summed E-state index contributed by atoms with van der Waals surface area (Å²) < 4.78 is 6.46. The summed E-state index contributed by atoms with van der Waals surface area (Å²) >= 11 is 0. The van der Waals surface area contributed by atoms with Crippen LogP contribution in [0.2, 0.25) is 0 Å². The first-order chi connectivity index (χ1) is 8.19. The number of nitrogens with zero attached hydrogens (tertiary/aromatic N) is 2. The molecule has 17 heavy (non-hydrogen) atoms. The zero-order valence-electron chi connectivity index (χ0n) is 9.64. The average Bonchev–Trinajstić information content (AvgIpc) is 2.69. The summed E-state index contributed by atoms with van der Waals surface area (Å²) in [6.45, 7) is 3.83. The van der Waals surface area contributed by atoms with Gasteiger partial charge < -0.3 is 4.74 Å². The summed E-state index contributed by atoms with van der Waals surface area (Å²) in [5, 5.41) is 0. The van der Waals surface area contributed by atoms with Gasteiger partial charge in [0.25, 0.3) is 0 Å². The Balaban J connectivity index is 2.68. The highest BCUT2D eigenvalue weighted by molar-refractivity contribution is 5.97. The molecular formula is C12H12N2O3. The molecule has 0 aliphatic carbocycles. The van der Waals surface area contributed by atoms with E-state index in [-0.39, 0.29) is 18.0 Å². The number of carbonyl (C=O) groups excluding carboxylic acids is 2. The predicted octanol–water partition coefficient (Wildman–Crippen LogP) is 1.63. The Kier molecular flexibility index (Phi) is 2.91. The van der Waals surface area contributed by atoms with Crippen molar-refractivity contribution < 1.29 is 14.3 Å². The topological polar surface area (TPSA) is 60.7 Å². The summed E-state index contributed by atoms with van der Waals surface area (Å²) in [6.07, 6.45) is 2.31. The number of rotatable bonds is 3. The summed E-state index contributed by atoms with van der Waals surface area (Å²) in [4.78, 5) is 26.9. The maximum atomic E-state index is 11.6. The van der Waals surface area contributed by atoms with Gasteiger partial charge in [0, 0.05) is 6.20 Å². The monoisotopic (exact) mass is 232 g/mol. The van der Waals surface area contributed by atoms with Gasteiger partial charge in [-0.25, -0.2) is 9.78 Å². The van der Waals surface area contributed by atoms with Crippen LogP contribution in [0, 0.1) is 6.92 Å². The third-order valence-electron chi connectivity index (χ3n) is 2.46. The summed E-state index contributed by atoms with van der Waals surface area (Å²) in [5.74, 6) is -0.572. The second-order valence-corrected chi connectivity index (χ2v) is 3.57. The largest absolute Gasteiger partial charge is 0.461 e. The summed E-state index contributed by atoms with van der Waals surface area (Å²) in [6, 6.07) is 3.66. The molecular weight excluding hydrogens is 220 g/mol. The number of aryl methyl sites for hydroxylation is 1. The first kappa shape index (κ1) is 11.3. The van der Waals surface area contributed by atoms with Gasteiger partial charge >= 0.3 is 5.97 Å². The predicted molar refractivity (Wildman–Crippen MR) is 61.3 cm³/mol. The molecule has 0 spiro atoms. The van der Waals surface area contributed by atoms with E-state index in [0.29, 0.717) is 11.9 Å². The third kappa shape index (κ3) is 1.80. The van der Waals surface area contributed by atoms with Crippen LogP contribution in [-0.4, -0.2) is 28.2 Å². The van der Waals surface area contributed by atoms with Crippen LogP contribution in [0.5, 0.6) is 0 Å². The minimum Gasteiger partial charge on any atom is -0.461 e. The second kappa shape index (κ2) is 4.37. The van der Waals surface area contributed by atoms with E-state index in [9.17, 15) is 9.59 Å². The minimum absolute atomic E-state index is 0.0659. The van der Waals surface area contributed by atoms with E-state index in [1.54, 1.807) is 23.6 Å². The molecule has 0 aromatic carbocycles. The van der Waals surface area contributed by atoms with E-state index in [1.807, 2.05) is 13.0 Å². The molecule has 0 radical (unpaired) electrons. The molecule has 5 heteroatoms. The van der Waals surface area contributed by atoms with Crippen LogP contribution in [0.25, 0.3) is 5.65 Å². The van der Waals surface area contributed by atoms with E-state index < -0.39 is 5.97 Å². The molecule has 0 aliphatic rings. The van der Waals surface area contributed by atoms with Gasteiger partial charge in [0.2, 0.25) is 0 Å². The molecule has 0 atom stereocenters. The lowest BCUT2D eigenvalue weighted by atomic mass is 10.3. The molecule has 0 saturated carbocycles. The smallest absolute Gasteiger partial charge is 0.359 e. The van der Waals surface area contributed by atoms with Crippen LogP contribution in [0.1, 0.15) is 33.5 Å². The lowest BCUT2D eigenvalue weighted by Crippen LogP contribution is -2.08. The van der Waals surface area contributed by atoms with Crippen LogP contribution in [0.4, 0.5) is 0 Å². The number of aldehydes is 1. The Morgan fingerprint density at radius 2 is 2.35 bits per heavy atom. The lowest BCUT2D eigenvalue weighted by molar-refractivity contribution is 0.0518. The quantitative estimate of drug-likeness (QED) is 0.596. The minimum atomic E-state index is -0.572. The van der Waals surface area contributed by atoms with Crippen molar-refractivity contribution in [1.82, 2.24) is 9.38 Å². The van der Waals surface area contributed by atoms with Crippen molar-refractivity contribution in [2.75, 3.05) is 6.61 Å². The van der Waals surface area contributed by atoms with E-state index in [1.165, 1.54) is 0 Å². The number of aromatic nitrogens is 2. The van der Waals surface area contributed by atoms with Crippen molar-refractivity contribution in [3.8, 4) is 0 Å². The first-order valence-corrected chi connectivity index (χ1v) is 5.29. The van der Waals surface area contributed by atoms with Gasteiger partial charge in [0.05, 0.1) is 6.61 Å². The second-order valence-electron chi connectivity index (χ2n) is 3.57. The number of hydrogen-bond acceptors (Lipinski definition) is 4. The fourth-order valence-electron chi connectivity index (χ4n) is 1.68. The van der Waals surface area contributed by atoms with Gasteiger partial charge in [-0.1, -0.05) is 6.07 Å². The molecule has 88 valence electrons. The Morgan fingerprint density at radius 1 is 1.59 bits per heavy atom. The Labute approximate surface area is 98.0 Å². The molecule has 0 amide bonds. The number of esters is 1. The zero-order valence-corrected chi connectivity index (χ0v) is 9.64. The molecule has 2 rings (SSSR count). The third-order valence-corrected chi connectivity index (χ3v) is 2.46. The highest BCUT2D eigenvalue weighted by Gasteiger charge is 2.19. The fraction of sp³-hybridized carbons (Fsp3) is 0.250. The highest BCUT2D eigenvalue weighted by Crippen LogP contribution is 2.15. The van der Waals surface area contributed by atoms with Gasteiger partial charge in [-0.3, -0.25) is 9.20 Å². The highest BCUT2D eigenvalue weighted by atomic mass is 16.5. The number of ether oxygens (including phenoxy) is 1. The van der Waals surface area contributed by atoms with E-state index in [0.717, 1.165) is 5.56 Å². The standard InChI is InChI=1S/C12H12N2O3/c1-3-17-12(16)10-9(7-15)14-6-4-5-8(2)11(14)13-10/h4-7H,3H2,1-2H3. The van der Waals surface area contributed by atoms with Gasteiger partial charge in [-0.15, -0.1) is 0 Å². The Morgan fingerprint density at radius 3 is 3.00 bits per heavy atom. The summed E-state index contributed by atoms with van der Waals surface area (Å²) in [5.41, 5.74) is 1.78. The van der Waals surface area contributed by atoms with Crippen molar-refractivity contribution in [3.63, 3.8) is 0 Å². The van der Waals surface area contributed by atoms with E-state index >= 15 is 0 Å². The van der Waals surface area contributed by atoms with Gasteiger partial charge in [-0.05, 0) is 25.5 Å².